The van der Waals surface area contributed by atoms with E-state index in [1.54, 1.807) is 35.5 Å². The summed E-state index contributed by atoms with van der Waals surface area (Å²) in [6, 6.07) is 14.6. The molecule has 150 valence electrons. The van der Waals surface area contributed by atoms with Gasteiger partial charge in [-0.05, 0) is 39.7 Å². The molecule has 0 saturated carbocycles. The van der Waals surface area contributed by atoms with Gasteiger partial charge in [-0.15, -0.1) is 0 Å². The summed E-state index contributed by atoms with van der Waals surface area (Å²) in [7, 11) is 0. The summed E-state index contributed by atoms with van der Waals surface area (Å²) < 4.78 is 6.49. The van der Waals surface area contributed by atoms with E-state index in [4.69, 9.17) is 39.5 Å². The van der Waals surface area contributed by atoms with Crippen molar-refractivity contribution in [1.29, 1.82) is 0 Å². The van der Waals surface area contributed by atoms with Gasteiger partial charge in [0.2, 0.25) is 0 Å². The smallest absolute Gasteiger partial charge is 0.255 e. The van der Waals surface area contributed by atoms with Crippen LogP contribution in [0.25, 0.3) is 0 Å². The highest BCUT2D eigenvalue weighted by molar-refractivity contribution is 9.10. The highest BCUT2D eigenvalue weighted by atomic mass is 79.9. The molecule has 0 aliphatic heterocycles. The summed E-state index contributed by atoms with van der Waals surface area (Å²) in [6.07, 6.45) is 3.17. The topological polar surface area (TPSA) is 42.4 Å². The van der Waals surface area contributed by atoms with Crippen molar-refractivity contribution in [3.63, 3.8) is 0 Å². The number of carbonyl (C=O) groups excluding carboxylic acids is 1. The van der Waals surface area contributed by atoms with Crippen molar-refractivity contribution in [2.75, 3.05) is 13.2 Å². The monoisotopic (exact) mass is 512 g/mol. The van der Waals surface area contributed by atoms with Gasteiger partial charge in [0, 0.05) is 28.4 Å². The van der Waals surface area contributed by atoms with E-state index in [0.29, 0.717) is 39.5 Å². The molecule has 29 heavy (non-hydrogen) atoms. The van der Waals surface area contributed by atoms with Gasteiger partial charge in [-0.2, -0.15) is 0 Å². The number of carbonyl (C=O) groups is 1. The fourth-order valence-corrected chi connectivity index (χ4v) is 3.98. The van der Waals surface area contributed by atoms with E-state index in [-0.39, 0.29) is 12.5 Å². The van der Waals surface area contributed by atoms with Gasteiger partial charge in [-0.25, -0.2) is 0 Å². The Morgan fingerprint density at radius 1 is 1.03 bits per heavy atom. The largest absolute Gasteiger partial charge is 0.489 e. The Hall–Kier alpha value is -1.79. The highest BCUT2D eigenvalue weighted by Gasteiger charge is 2.18. The fourth-order valence-electron chi connectivity index (χ4n) is 2.69. The van der Waals surface area contributed by atoms with Crippen LogP contribution in [0.4, 0.5) is 0 Å². The number of pyridine rings is 1. The Morgan fingerprint density at radius 2 is 1.72 bits per heavy atom. The summed E-state index contributed by atoms with van der Waals surface area (Å²) in [5, 5.41) is 1.06. The number of hydrogen-bond acceptors (Lipinski definition) is 3. The van der Waals surface area contributed by atoms with Gasteiger partial charge in [0.1, 0.15) is 6.61 Å². The number of benzene rings is 2. The van der Waals surface area contributed by atoms with Crippen LogP contribution in [-0.2, 0) is 6.54 Å². The molecule has 0 aliphatic carbocycles. The minimum absolute atomic E-state index is 0.153. The first-order valence-electron chi connectivity index (χ1n) is 8.65. The predicted octanol–water partition coefficient (Wildman–Crippen LogP) is 6.53. The van der Waals surface area contributed by atoms with E-state index in [9.17, 15) is 4.79 Å². The molecule has 1 amide bonds. The highest BCUT2D eigenvalue weighted by Crippen LogP contribution is 2.35. The number of hydrogen-bond donors (Lipinski definition) is 0. The number of rotatable bonds is 7. The average Bonchev–Trinajstić information content (AvgIpc) is 2.69. The van der Waals surface area contributed by atoms with E-state index >= 15 is 0 Å². The zero-order valence-electron chi connectivity index (χ0n) is 15.1. The second-order valence-electron chi connectivity index (χ2n) is 6.15. The molecule has 0 saturated heterocycles. The standard InChI is InChI=1S/C21H16BrCl3N2O2/c22-16-8-15(11-26-12-16)21(28)27(13-14-4-2-1-3-5-14)6-7-29-20-18(24)9-17(23)10-19(20)25/h1-5,8-12H,6-7,13H2. The van der Waals surface area contributed by atoms with Gasteiger partial charge in [0.25, 0.3) is 5.91 Å². The predicted molar refractivity (Wildman–Crippen MR) is 120 cm³/mol. The number of aromatic nitrogens is 1. The summed E-state index contributed by atoms with van der Waals surface area (Å²) in [4.78, 5) is 18.8. The van der Waals surface area contributed by atoms with E-state index in [0.717, 1.165) is 10.0 Å². The molecule has 1 aromatic heterocycles. The molecule has 3 aromatic rings. The van der Waals surface area contributed by atoms with E-state index in [1.807, 2.05) is 30.3 Å². The first kappa shape index (κ1) is 21.9. The molecule has 4 nitrogen and oxygen atoms in total. The average molecular weight is 515 g/mol. The number of nitrogens with zero attached hydrogens (tertiary/aromatic N) is 2. The normalized spacial score (nSPS) is 10.6. The zero-order chi connectivity index (χ0) is 20.8. The summed E-state index contributed by atoms with van der Waals surface area (Å²) in [5.41, 5.74) is 1.49. The van der Waals surface area contributed by atoms with Crippen molar-refractivity contribution in [1.82, 2.24) is 9.88 Å². The zero-order valence-corrected chi connectivity index (χ0v) is 19.0. The molecule has 0 bridgehead atoms. The maximum atomic E-state index is 13.1. The Morgan fingerprint density at radius 3 is 2.38 bits per heavy atom. The van der Waals surface area contributed by atoms with E-state index in [1.165, 1.54) is 0 Å². The van der Waals surface area contributed by atoms with Crippen LogP contribution in [0, 0.1) is 0 Å². The van der Waals surface area contributed by atoms with Gasteiger partial charge >= 0.3 is 0 Å². The quantitative estimate of drug-likeness (QED) is 0.360. The third kappa shape index (κ3) is 6.09. The Labute approximate surface area is 192 Å². The van der Waals surface area contributed by atoms with Gasteiger partial charge in [-0.3, -0.25) is 9.78 Å². The van der Waals surface area contributed by atoms with Crippen LogP contribution < -0.4 is 4.74 Å². The summed E-state index contributed by atoms with van der Waals surface area (Å²) in [6.45, 7) is 0.966. The summed E-state index contributed by atoms with van der Waals surface area (Å²) in [5.74, 6) is 0.188. The molecule has 0 fully saturated rings. The molecule has 8 heteroatoms. The van der Waals surface area contributed by atoms with Crippen molar-refractivity contribution in [3.05, 3.63) is 91.6 Å². The van der Waals surface area contributed by atoms with Crippen LogP contribution in [0.15, 0.2) is 65.4 Å². The lowest BCUT2D eigenvalue weighted by molar-refractivity contribution is 0.0716. The van der Waals surface area contributed by atoms with Crippen LogP contribution in [-0.4, -0.2) is 28.9 Å². The lowest BCUT2D eigenvalue weighted by Gasteiger charge is -2.23. The number of amides is 1. The molecule has 1 heterocycles. The van der Waals surface area contributed by atoms with Crippen molar-refractivity contribution in [2.24, 2.45) is 0 Å². The van der Waals surface area contributed by atoms with Crippen LogP contribution >= 0.6 is 50.7 Å². The molecule has 0 radical (unpaired) electrons. The second kappa shape index (κ2) is 10.3. The maximum Gasteiger partial charge on any atom is 0.255 e. The lowest BCUT2D eigenvalue weighted by Crippen LogP contribution is -2.34. The molecular weight excluding hydrogens is 499 g/mol. The first-order chi connectivity index (χ1) is 13.9. The van der Waals surface area contributed by atoms with Crippen molar-refractivity contribution in [2.45, 2.75) is 6.54 Å². The Kier molecular flexibility index (Phi) is 7.78. The fraction of sp³-hybridized carbons (Fsp3) is 0.143. The Bertz CT molecular complexity index is 979. The molecule has 2 aromatic carbocycles. The molecule has 3 rings (SSSR count). The second-order valence-corrected chi connectivity index (χ2v) is 8.32. The minimum atomic E-state index is -0.153. The Balaban J connectivity index is 1.75. The minimum Gasteiger partial charge on any atom is -0.489 e. The van der Waals surface area contributed by atoms with Gasteiger partial charge in [-0.1, -0.05) is 65.1 Å². The van der Waals surface area contributed by atoms with Crippen LogP contribution in [0.1, 0.15) is 15.9 Å². The molecule has 0 atom stereocenters. The number of halogens is 4. The van der Waals surface area contributed by atoms with Crippen molar-refractivity contribution in [3.8, 4) is 5.75 Å². The molecule has 0 unspecified atom stereocenters. The molecular formula is C21H16BrCl3N2O2. The summed E-state index contributed by atoms with van der Waals surface area (Å²) >= 11 is 21.6. The van der Waals surface area contributed by atoms with Crippen LogP contribution in [0.2, 0.25) is 15.1 Å². The van der Waals surface area contributed by atoms with E-state index in [2.05, 4.69) is 20.9 Å². The van der Waals surface area contributed by atoms with Crippen LogP contribution in [0.3, 0.4) is 0 Å². The third-order valence-electron chi connectivity index (χ3n) is 4.03. The van der Waals surface area contributed by atoms with Crippen molar-refractivity contribution >= 4 is 56.6 Å². The lowest BCUT2D eigenvalue weighted by atomic mass is 10.2. The van der Waals surface area contributed by atoms with Gasteiger partial charge in [0.15, 0.2) is 5.75 Å². The molecule has 0 spiro atoms. The van der Waals surface area contributed by atoms with Crippen LogP contribution in [0.5, 0.6) is 5.75 Å². The van der Waals surface area contributed by atoms with Gasteiger partial charge < -0.3 is 9.64 Å². The SMILES string of the molecule is O=C(c1cncc(Br)c1)N(CCOc1c(Cl)cc(Cl)cc1Cl)Cc1ccccc1. The third-order valence-corrected chi connectivity index (χ3v) is 5.24. The van der Waals surface area contributed by atoms with Crippen molar-refractivity contribution < 1.29 is 9.53 Å². The number of ether oxygens (including phenoxy) is 1. The molecule has 0 N–H and O–H groups in total. The van der Waals surface area contributed by atoms with Gasteiger partial charge in [0.05, 0.1) is 22.2 Å². The maximum absolute atomic E-state index is 13.1. The molecule has 0 aliphatic rings. The van der Waals surface area contributed by atoms with E-state index < -0.39 is 0 Å². The first-order valence-corrected chi connectivity index (χ1v) is 10.6.